The van der Waals surface area contributed by atoms with Gasteiger partial charge in [-0.25, -0.2) is 0 Å². The fraction of sp³-hybridized carbons (Fsp3) is 1.00. The normalized spacial score (nSPS) is 14.2. The molecular weight excluding hydrogens is 148 g/mol. The van der Waals surface area contributed by atoms with Crippen molar-refractivity contribution in [1.82, 2.24) is 4.90 Å². The Balaban J connectivity index is 3.77. The van der Waals surface area contributed by atoms with E-state index in [0.717, 1.165) is 19.5 Å². The van der Waals surface area contributed by atoms with Crippen LogP contribution in [0, 0.1) is 0 Å². The van der Waals surface area contributed by atoms with Crippen LogP contribution in [0.3, 0.4) is 0 Å². The summed E-state index contributed by atoms with van der Waals surface area (Å²) in [4.78, 5) is 2.51. The molecule has 0 saturated heterocycles. The molecular formula is C10H24N2. The fourth-order valence-corrected chi connectivity index (χ4v) is 1.76. The van der Waals surface area contributed by atoms with Crippen molar-refractivity contribution < 1.29 is 0 Å². The van der Waals surface area contributed by atoms with E-state index in [9.17, 15) is 0 Å². The topological polar surface area (TPSA) is 29.3 Å². The summed E-state index contributed by atoms with van der Waals surface area (Å²) in [7, 11) is 0. The van der Waals surface area contributed by atoms with E-state index >= 15 is 0 Å². The van der Waals surface area contributed by atoms with Gasteiger partial charge in [0.25, 0.3) is 0 Å². The number of nitrogens with zero attached hydrogens (tertiary/aromatic N) is 1. The third-order valence-corrected chi connectivity index (χ3v) is 2.42. The quantitative estimate of drug-likeness (QED) is 0.662. The van der Waals surface area contributed by atoms with Crippen LogP contribution in [0.5, 0.6) is 0 Å². The van der Waals surface area contributed by atoms with Gasteiger partial charge in [-0.2, -0.15) is 0 Å². The Labute approximate surface area is 77.1 Å². The van der Waals surface area contributed by atoms with Crippen LogP contribution < -0.4 is 5.73 Å². The predicted octanol–water partition coefficient (Wildman–Crippen LogP) is 1.84. The standard InChI is InChI=1S/C10H24N2/c1-5-12(9(2)3)10(4)7-6-8-11/h9-10H,5-8,11H2,1-4H3. The average molecular weight is 172 g/mol. The molecule has 0 aromatic carbocycles. The van der Waals surface area contributed by atoms with Crippen molar-refractivity contribution in [3.8, 4) is 0 Å². The van der Waals surface area contributed by atoms with Crippen LogP contribution in [0.15, 0.2) is 0 Å². The lowest BCUT2D eigenvalue weighted by Gasteiger charge is -2.31. The zero-order valence-corrected chi connectivity index (χ0v) is 9.01. The number of rotatable bonds is 6. The molecule has 0 rings (SSSR count). The summed E-state index contributed by atoms with van der Waals surface area (Å²) < 4.78 is 0. The maximum absolute atomic E-state index is 5.48. The molecule has 12 heavy (non-hydrogen) atoms. The maximum Gasteiger partial charge on any atom is 0.00699 e. The van der Waals surface area contributed by atoms with Gasteiger partial charge in [-0.15, -0.1) is 0 Å². The summed E-state index contributed by atoms with van der Waals surface area (Å²) in [6.45, 7) is 11.0. The van der Waals surface area contributed by atoms with Gasteiger partial charge in [-0.3, -0.25) is 4.90 Å². The minimum absolute atomic E-state index is 0.655. The smallest absolute Gasteiger partial charge is 0.00699 e. The highest BCUT2D eigenvalue weighted by Crippen LogP contribution is 2.09. The van der Waals surface area contributed by atoms with Crippen LogP contribution in [0.1, 0.15) is 40.5 Å². The number of hydrogen-bond donors (Lipinski definition) is 1. The number of nitrogens with two attached hydrogens (primary N) is 1. The van der Waals surface area contributed by atoms with Crippen molar-refractivity contribution in [2.75, 3.05) is 13.1 Å². The first-order valence-corrected chi connectivity index (χ1v) is 5.09. The van der Waals surface area contributed by atoms with Gasteiger partial charge >= 0.3 is 0 Å². The lowest BCUT2D eigenvalue weighted by atomic mass is 10.1. The molecule has 0 heterocycles. The lowest BCUT2D eigenvalue weighted by Crippen LogP contribution is -2.38. The minimum atomic E-state index is 0.655. The van der Waals surface area contributed by atoms with Gasteiger partial charge in [0.2, 0.25) is 0 Å². The highest BCUT2D eigenvalue weighted by atomic mass is 15.2. The lowest BCUT2D eigenvalue weighted by molar-refractivity contribution is 0.164. The molecule has 0 aromatic rings. The summed E-state index contributed by atoms with van der Waals surface area (Å²) in [6.07, 6.45) is 2.37. The van der Waals surface area contributed by atoms with Crippen molar-refractivity contribution in [1.29, 1.82) is 0 Å². The Morgan fingerprint density at radius 2 is 1.83 bits per heavy atom. The molecule has 0 aromatic heterocycles. The third-order valence-electron chi connectivity index (χ3n) is 2.42. The number of hydrogen-bond acceptors (Lipinski definition) is 2. The first-order chi connectivity index (χ1) is 5.63. The van der Waals surface area contributed by atoms with Gasteiger partial charge < -0.3 is 5.73 Å². The molecule has 0 aliphatic rings. The van der Waals surface area contributed by atoms with Gasteiger partial charge in [0.15, 0.2) is 0 Å². The second-order valence-electron chi connectivity index (χ2n) is 3.70. The van der Waals surface area contributed by atoms with Gasteiger partial charge in [0.1, 0.15) is 0 Å². The maximum atomic E-state index is 5.48. The Kier molecular flexibility index (Phi) is 6.39. The summed E-state index contributed by atoms with van der Waals surface area (Å²) in [5.74, 6) is 0. The second-order valence-corrected chi connectivity index (χ2v) is 3.70. The highest BCUT2D eigenvalue weighted by molar-refractivity contribution is 4.69. The van der Waals surface area contributed by atoms with E-state index in [2.05, 4.69) is 32.6 Å². The second kappa shape index (κ2) is 6.44. The average Bonchev–Trinajstić information content (AvgIpc) is 2.01. The molecule has 0 fully saturated rings. The summed E-state index contributed by atoms with van der Waals surface area (Å²) in [6, 6.07) is 1.33. The summed E-state index contributed by atoms with van der Waals surface area (Å²) in [5.41, 5.74) is 5.48. The van der Waals surface area contributed by atoms with E-state index in [1.165, 1.54) is 6.42 Å². The van der Waals surface area contributed by atoms with Crippen LogP contribution in [-0.4, -0.2) is 30.1 Å². The zero-order valence-electron chi connectivity index (χ0n) is 9.01. The van der Waals surface area contributed by atoms with Crippen molar-refractivity contribution in [3.05, 3.63) is 0 Å². The fourth-order valence-electron chi connectivity index (χ4n) is 1.76. The van der Waals surface area contributed by atoms with E-state index in [0.29, 0.717) is 12.1 Å². The van der Waals surface area contributed by atoms with Crippen molar-refractivity contribution >= 4 is 0 Å². The molecule has 0 aliphatic carbocycles. The van der Waals surface area contributed by atoms with Crippen molar-refractivity contribution in [2.45, 2.75) is 52.6 Å². The Hall–Kier alpha value is -0.0800. The molecule has 1 unspecified atom stereocenters. The van der Waals surface area contributed by atoms with Crippen molar-refractivity contribution in [3.63, 3.8) is 0 Å². The highest BCUT2D eigenvalue weighted by Gasteiger charge is 2.13. The largest absolute Gasteiger partial charge is 0.330 e. The van der Waals surface area contributed by atoms with Crippen LogP contribution in [0.25, 0.3) is 0 Å². The van der Waals surface area contributed by atoms with Crippen LogP contribution in [0.4, 0.5) is 0 Å². The van der Waals surface area contributed by atoms with Gasteiger partial charge in [0.05, 0.1) is 0 Å². The molecule has 0 radical (unpaired) electrons. The van der Waals surface area contributed by atoms with Crippen LogP contribution in [-0.2, 0) is 0 Å². The van der Waals surface area contributed by atoms with Gasteiger partial charge in [0, 0.05) is 12.1 Å². The molecule has 0 spiro atoms. The van der Waals surface area contributed by atoms with Crippen LogP contribution in [0.2, 0.25) is 0 Å². The Morgan fingerprint density at radius 3 is 2.17 bits per heavy atom. The monoisotopic (exact) mass is 172 g/mol. The summed E-state index contributed by atoms with van der Waals surface area (Å²) >= 11 is 0. The van der Waals surface area contributed by atoms with Crippen LogP contribution >= 0.6 is 0 Å². The van der Waals surface area contributed by atoms with E-state index in [1.807, 2.05) is 0 Å². The molecule has 0 amide bonds. The van der Waals surface area contributed by atoms with E-state index in [1.54, 1.807) is 0 Å². The zero-order chi connectivity index (χ0) is 9.56. The SMILES string of the molecule is CCN(C(C)C)C(C)CCCN. The van der Waals surface area contributed by atoms with Crippen molar-refractivity contribution in [2.24, 2.45) is 5.73 Å². The Morgan fingerprint density at radius 1 is 1.25 bits per heavy atom. The van der Waals surface area contributed by atoms with Gasteiger partial charge in [-0.05, 0) is 46.7 Å². The molecule has 74 valence electrons. The van der Waals surface area contributed by atoms with E-state index in [4.69, 9.17) is 5.73 Å². The van der Waals surface area contributed by atoms with Gasteiger partial charge in [-0.1, -0.05) is 6.92 Å². The molecule has 2 nitrogen and oxygen atoms in total. The predicted molar refractivity (Wildman–Crippen MR) is 55.3 cm³/mol. The molecule has 0 bridgehead atoms. The van der Waals surface area contributed by atoms with E-state index in [-0.39, 0.29) is 0 Å². The first-order valence-electron chi connectivity index (χ1n) is 5.09. The molecule has 2 N–H and O–H groups in total. The molecule has 2 heteroatoms. The Bertz CT molecular complexity index is 102. The first kappa shape index (κ1) is 11.9. The van der Waals surface area contributed by atoms with E-state index < -0.39 is 0 Å². The summed E-state index contributed by atoms with van der Waals surface area (Å²) in [5, 5.41) is 0. The minimum Gasteiger partial charge on any atom is -0.330 e. The third kappa shape index (κ3) is 4.07. The molecule has 0 aliphatic heterocycles. The molecule has 1 atom stereocenters. The molecule has 0 saturated carbocycles.